The van der Waals surface area contributed by atoms with Crippen LogP contribution in [0.4, 0.5) is 0 Å². The minimum absolute atomic E-state index is 0.229. The monoisotopic (exact) mass is 226 g/mol. The van der Waals surface area contributed by atoms with Gasteiger partial charge in [0.15, 0.2) is 0 Å². The van der Waals surface area contributed by atoms with Gasteiger partial charge in [0, 0.05) is 6.08 Å². The van der Waals surface area contributed by atoms with Crippen molar-refractivity contribution >= 4 is 11.9 Å². The fourth-order valence-corrected chi connectivity index (χ4v) is 1.65. The van der Waals surface area contributed by atoms with E-state index in [-0.39, 0.29) is 5.97 Å². The molecule has 4 heteroatoms. The number of ether oxygens (including phenoxy) is 2. The largest absolute Gasteiger partial charge is 0.465 e. The molecule has 0 radical (unpaired) electrons. The molecule has 1 rings (SSSR count). The zero-order valence-corrected chi connectivity index (χ0v) is 10.0. The molecule has 0 spiro atoms. The van der Waals surface area contributed by atoms with Gasteiger partial charge in [0.1, 0.15) is 0 Å². The normalized spacial score (nSPS) is 17.8. The molecular formula is C12H18O4. The second-order valence-corrected chi connectivity index (χ2v) is 3.88. The Kier molecular flexibility index (Phi) is 4.10. The van der Waals surface area contributed by atoms with E-state index in [0.29, 0.717) is 13.2 Å². The van der Waals surface area contributed by atoms with E-state index < -0.39 is 11.4 Å². The minimum atomic E-state index is -0.553. The summed E-state index contributed by atoms with van der Waals surface area (Å²) in [5.41, 5.74) is 0.187. The molecule has 0 N–H and O–H groups in total. The highest BCUT2D eigenvalue weighted by atomic mass is 16.5. The van der Waals surface area contributed by atoms with E-state index in [1.54, 1.807) is 20.8 Å². The van der Waals surface area contributed by atoms with Crippen LogP contribution in [-0.4, -0.2) is 25.2 Å². The molecule has 90 valence electrons. The van der Waals surface area contributed by atoms with Gasteiger partial charge in [-0.1, -0.05) is 0 Å². The Morgan fingerprint density at radius 2 is 1.75 bits per heavy atom. The zero-order chi connectivity index (χ0) is 12.2. The lowest BCUT2D eigenvalue weighted by molar-refractivity contribution is -0.148. The molecule has 1 saturated carbocycles. The van der Waals surface area contributed by atoms with Crippen molar-refractivity contribution in [2.75, 3.05) is 13.2 Å². The van der Waals surface area contributed by atoms with E-state index >= 15 is 0 Å². The molecule has 0 saturated heterocycles. The maximum atomic E-state index is 11.7. The summed E-state index contributed by atoms with van der Waals surface area (Å²) < 4.78 is 9.81. The molecule has 4 nitrogen and oxygen atoms in total. The Labute approximate surface area is 95.6 Å². The Bertz CT molecular complexity index is 313. The predicted octanol–water partition coefficient (Wildman–Crippen LogP) is 1.84. The highest BCUT2D eigenvalue weighted by Gasteiger charge is 2.52. The average Bonchev–Trinajstić information content (AvgIpc) is 2.98. The lowest BCUT2D eigenvalue weighted by atomic mass is 9.97. The summed E-state index contributed by atoms with van der Waals surface area (Å²) in [6.45, 7) is 6.01. The van der Waals surface area contributed by atoms with E-state index in [1.165, 1.54) is 6.08 Å². The van der Waals surface area contributed by atoms with Gasteiger partial charge in [0.25, 0.3) is 0 Å². The first kappa shape index (κ1) is 12.7. The van der Waals surface area contributed by atoms with Gasteiger partial charge in [-0.3, -0.25) is 4.79 Å². The average molecular weight is 226 g/mol. The smallest absolute Gasteiger partial charge is 0.330 e. The number of carbonyl (C=O) groups excluding carboxylic acids is 2. The third kappa shape index (κ3) is 2.62. The van der Waals surface area contributed by atoms with Gasteiger partial charge in [-0.15, -0.1) is 0 Å². The lowest BCUT2D eigenvalue weighted by Gasteiger charge is -2.14. The van der Waals surface area contributed by atoms with Crippen LogP contribution in [0, 0.1) is 5.41 Å². The SMILES string of the molecule is CCOC(=O)C=C(C)C1(C(=O)OCC)CC1. The van der Waals surface area contributed by atoms with E-state index in [2.05, 4.69) is 0 Å². The quantitative estimate of drug-likeness (QED) is 0.530. The molecule has 0 aliphatic heterocycles. The fraction of sp³-hybridized carbons (Fsp3) is 0.667. The summed E-state index contributed by atoms with van der Waals surface area (Å²) in [7, 11) is 0. The fourth-order valence-electron chi connectivity index (χ4n) is 1.65. The number of hydrogen-bond donors (Lipinski definition) is 0. The van der Waals surface area contributed by atoms with Crippen molar-refractivity contribution in [3.05, 3.63) is 11.6 Å². The first-order valence-corrected chi connectivity index (χ1v) is 5.59. The van der Waals surface area contributed by atoms with Gasteiger partial charge < -0.3 is 9.47 Å². The van der Waals surface area contributed by atoms with Crippen molar-refractivity contribution < 1.29 is 19.1 Å². The number of rotatable bonds is 5. The Morgan fingerprint density at radius 3 is 2.19 bits per heavy atom. The summed E-state index contributed by atoms with van der Waals surface area (Å²) in [6.07, 6.45) is 2.91. The van der Waals surface area contributed by atoms with Crippen molar-refractivity contribution in [3.8, 4) is 0 Å². The van der Waals surface area contributed by atoms with Crippen molar-refractivity contribution in [3.63, 3.8) is 0 Å². The van der Waals surface area contributed by atoms with Crippen LogP contribution in [-0.2, 0) is 19.1 Å². The molecule has 0 aromatic rings. The van der Waals surface area contributed by atoms with Gasteiger partial charge in [-0.2, -0.15) is 0 Å². The summed E-state index contributed by atoms with van der Waals surface area (Å²) in [5, 5.41) is 0. The molecule has 0 aromatic heterocycles. The number of esters is 2. The zero-order valence-electron chi connectivity index (χ0n) is 10.0. The molecule has 0 aromatic carbocycles. The van der Waals surface area contributed by atoms with Gasteiger partial charge >= 0.3 is 11.9 Å². The molecule has 16 heavy (non-hydrogen) atoms. The third-order valence-electron chi connectivity index (χ3n) is 2.79. The minimum Gasteiger partial charge on any atom is -0.465 e. The van der Waals surface area contributed by atoms with Crippen LogP contribution in [0.2, 0.25) is 0 Å². The van der Waals surface area contributed by atoms with Gasteiger partial charge in [0.2, 0.25) is 0 Å². The first-order valence-electron chi connectivity index (χ1n) is 5.59. The number of carbonyl (C=O) groups is 2. The van der Waals surface area contributed by atoms with E-state index in [1.807, 2.05) is 0 Å². The van der Waals surface area contributed by atoms with Crippen molar-refractivity contribution in [2.45, 2.75) is 33.6 Å². The van der Waals surface area contributed by atoms with Gasteiger partial charge in [0.05, 0.1) is 18.6 Å². The van der Waals surface area contributed by atoms with Gasteiger partial charge in [-0.25, -0.2) is 4.79 Å². The summed E-state index contributed by atoms with van der Waals surface area (Å²) >= 11 is 0. The van der Waals surface area contributed by atoms with E-state index in [0.717, 1.165) is 18.4 Å². The standard InChI is InChI=1S/C12H18O4/c1-4-15-10(13)8-9(3)12(6-7-12)11(14)16-5-2/h8H,4-7H2,1-3H3. The predicted molar refractivity (Wildman–Crippen MR) is 58.7 cm³/mol. The Balaban J connectivity index is 2.69. The highest BCUT2D eigenvalue weighted by Crippen LogP contribution is 2.52. The van der Waals surface area contributed by atoms with E-state index in [4.69, 9.17) is 9.47 Å². The van der Waals surface area contributed by atoms with E-state index in [9.17, 15) is 9.59 Å². The Hall–Kier alpha value is -1.32. The lowest BCUT2D eigenvalue weighted by Crippen LogP contribution is -2.21. The molecule has 1 aliphatic carbocycles. The molecule has 0 amide bonds. The number of hydrogen-bond acceptors (Lipinski definition) is 4. The third-order valence-corrected chi connectivity index (χ3v) is 2.79. The van der Waals surface area contributed by atoms with Crippen LogP contribution in [0.25, 0.3) is 0 Å². The maximum absolute atomic E-state index is 11.7. The first-order chi connectivity index (χ1) is 7.56. The van der Waals surface area contributed by atoms with Crippen LogP contribution < -0.4 is 0 Å². The Morgan fingerprint density at radius 1 is 1.19 bits per heavy atom. The molecule has 0 atom stereocenters. The highest BCUT2D eigenvalue weighted by molar-refractivity contribution is 5.88. The second-order valence-electron chi connectivity index (χ2n) is 3.88. The van der Waals surface area contributed by atoms with Crippen LogP contribution in [0.1, 0.15) is 33.6 Å². The molecule has 1 fully saturated rings. The maximum Gasteiger partial charge on any atom is 0.330 e. The second kappa shape index (κ2) is 5.14. The molecule has 0 unspecified atom stereocenters. The van der Waals surface area contributed by atoms with Crippen molar-refractivity contribution in [1.29, 1.82) is 0 Å². The molecular weight excluding hydrogens is 208 g/mol. The van der Waals surface area contributed by atoms with Crippen LogP contribution >= 0.6 is 0 Å². The summed E-state index contributed by atoms with van der Waals surface area (Å²) in [5.74, 6) is -0.622. The van der Waals surface area contributed by atoms with Crippen LogP contribution in [0.15, 0.2) is 11.6 Å². The molecule has 0 heterocycles. The summed E-state index contributed by atoms with van der Waals surface area (Å²) in [6, 6.07) is 0. The topological polar surface area (TPSA) is 52.6 Å². The van der Waals surface area contributed by atoms with Crippen molar-refractivity contribution in [2.24, 2.45) is 5.41 Å². The van der Waals surface area contributed by atoms with Crippen molar-refractivity contribution in [1.82, 2.24) is 0 Å². The summed E-state index contributed by atoms with van der Waals surface area (Å²) in [4.78, 5) is 23.0. The molecule has 1 aliphatic rings. The molecule has 0 bridgehead atoms. The van der Waals surface area contributed by atoms with Crippen LogP contribution in [0.3, 0.4) is 0 Å². The van der Waals surface area contributed by atoms with Gasteiger partial charge in [-0.05, 0) is 39.2 Å². The van der Waals surface area contributed by atoms with Crippen LogP contribution in [0.5, 0.6) is 0 Å².